The Bertz CT molecular complexity index is 664. The number of nitrogens with one attached hydrogen (secondary N) is 1. The van der Waals surface area contributed by atoms with Gasteiger partial charge < -0.3 is 5.32 Å². The van der Waals surface area contributed by atoms with Gasteiger partial charge in [-0.25, -0.2) is 14.6 Å². The van der Waals surface area contributed by atoms with Crippen LogP contribution in [0.5, 0.6) is 0 Å². The Kier molecular flexibility index (Phi) is 3.42. The maximum atomic E-state index is 4.44. The highest BCUT2D eigenvalue weighted by Crippen LogP contribution is 2.04. The van der Waals surface area contributed by atoms with Crippen LogP contribution < -0.4 is 5.32 Å². The van der Waals surface area contributed by atoms with E-state index in [-0.39, 0.29) is 0 Å². The molecular weight excluding hydrogens is 254 g/mol. The Balaban J connectivity index is 1.71. The molecule has 0 unspecified atom stereocenters. The molecule has 0 spiro atoms. The van der Waals surface area contributed by atoms with E-state index in [0.717, 1.165) is 17.9 Å². The topological polar surface area (TPSA) is 72.9 Å². The molecule has 0 radical (unpaired) electrons. The lowest BCUT2D eigenvalue weighted by molar-refractivity contribution is 0.580. The largest absolute Gasteiger partial charge is 0.309 e. The van der Waals surface area contributed by atoms with E-state index in [2.05, 4.69) is 39.4 Å². The van der Waals surface area contributed by atoms with Crippen molar-refractivity contribution < 1.29 is 0 Å². The van der Waals surface area contributed by atoms with E-state index < -0.39 is 0 Å². The Morgan fingerprint density at radius 1 is 1.25 bits per heavy atom. The summed E-state index contributed by atoms with van der Waals surface area (Å²) in [5.74, 6) is 0.698. The second kappa shape index (κ2) is 5.38. The van der Waals surface area contributed by atoms with E-state index in [1.165, 1.54) is 0 Å². The Morgan fingerprint density at radius 3 is 2.95 bits per heavy atom. The number of rotatable bonds is 5. The fourth-order valence-corrected chi connectivity index (χ4v) is 1.93. The standard InChI is InChI=1S/C13H17N7/c1-10(2)15-6-11-8-20(18-17-11)9-12-7-19-5-3-4-14-13(19)16-12/h3-5,7-8,10,15H,6,9H2,1-2H3. The summed E-state index contributed by atoms with van der Waals surface area (Å²) in [5, 5.41) is 11.6. The second-order valence-electron chi connectivity index (χ2n) is 5.00. The Labute approximate surface area is 116 Å². The lowest BCUT2D eigenvalue weighted by atomic mass is 10.3. The van der Waals surface area contributed by atoms with Crippen molar-refractivity contribution in [1.29, 1.82) is 0 Å². The summed E-state index contributed by atoms with van der Waals surface area (Å²) in [7, 11) is 0. The van der Waals surface area contributed by atoms with Gasteiger partial charge in [0.25, 0.3) is 0 Å². The lowest BCUT2D eigenvalue weighted by Gasteiger charge is -2.03. The van der Waals surface area contributed by atoms with Gasteiger partial charge in [0.2, 0.25) is 5.78 Å². The van der Waals surface area contributed by atoms with Crippen molar-refractivity contribution in [2.75, 3.05) is 0 Å². The van der Waals surface area contributed by atoms with Crippen molar-refractivity contribution >= 4 is 5.78 Å². The Hall–Kier alpha value is -2.28. The van der Waals surface area contributed by atoms with Crippen molar-refractivity contribution in [3.63, 3.8) is 0 Å². The fourth-order valence-electron chi connectivity index (χ4n) is 1.93. The average molecular weight is 271 g/mol. The van der Waals surface area contributed by atoms with Crippen molar-refractivity contribution in [2.45, 2.75) is 33.0 Å². The van der Waals surface area contributed by atoms with Crippen molar-refractivity contribution in [2.24, 2.45) is 0 Å². The van der Waals surface area contributed by atoms with Gasteiger partial charge in [-0.05, 0) is 6.07 Å². The minimum absolute atomic E-state index is 0.435. The first-order valence-corrected chi connectivity index (χ1v) is 6.62. The molecule has 1 N–H and O–H groups in total. The molecule has 3 rings (SSSR count). The van der Waals surface area contributed by atoms with E-state index in [1.807, 2.05) is 29.1 Å². The third kappa shape index (κ3) is 2.83. The third-order valence-electron chi connectivity index (χ3n) is 2.89. The monoisotopic (exact) mass is 271 g/mol. The lowest BCUT2D eigenvalue weighted by Crippen LogP contribution is -2.21. The summed E-state index contributed by atoms with van der Waals surface area (Å²) < 4.78 is 3.69. The second-order valence-corrected chi connectivity index (χ2v) is 5.00. The van der Waals surface area contributed by atoms with Gasteiger partial charge in [0.1, 0.15) is 0 Å². The molecule has 0 atom stereocenters. The van der Waals surface area contributed by atoms with Gasteiger partial charge in [0.15, 0.2) is 0 Å². The molecule has 0 aliphatic heterocycles. The molecule has 7 nitrogen and oxygen atoms in total. The van der Waals surface area contributed by atoms with Crippen LogP contribution in [-0.4, -0.2) is 35.4 Å². The fraction of sp³-hybridized carbons (Fsp3) is 0.385. The van der Waals surface area contributed by atoms with Crippen LogP contribution in [0.2, 0.25) is 0 Å². The normalized spacial score (nSPS) is 11.6. The number of aromatic nitrogens is 6. The number of hydrogen-bond acceptors (Lipinski definition) is 5. The van der Waals surface area contributed by atoms with E-state index in [4.69, 9.17) is 0 Å². The summed E-state index contributed by atoms with van der Waals surface area (Å²) in [5.41, 5.74) is 1.84. The van der Waals surface area contributed by atoms with Gasteiger partial charge in [-0.2, -0.15) is 0 Å². The molecule has 0 saturated heterocycles. The summed E-state index contributed by atoms with van der Waals surface area (Å²) in [4.78, 5) is 8.63. The molecule has 7 heteroatoms. The zero-order valence-electron chi connectivity index (χ0n) is 11.6. The molecule has 3 aromatic heterocycles. The number of fused-ring (bicyclic) bond motifs is 1. The van der Waals surface area contributed by atoms with Gasteiger partial charge in [-0.1, -0.05) is 19.1 Å². The molecule has 0 aromatic carbocycles. The first-order chi connectivity index (χ1) is 9.70. The zero-order chi connectivity index (χ0) is 13.9. The van der Waals surface area contributed by atoms with Crippen LogP contribution >= 0.6 is 0 Å². The van der Waals surface area contributed by atoms with Crippen LogP contribution in [-0.2, 0) is 13.1 Å². The van der Waals surface area contributed by atoms with Gasteiger partial charge in [-0.3, -0.25) is 4.40 Å². The molecule has 20 heavy (non-hydrogen) atoms. The van der Waals surface area contributed by atoms with Crippen LogP contribution in [0.3, 0.4) is 0 Å². The highest BCUT2D eigenvalue weighted by molar-refractivity contribution is 5.29. The first-order valence-electron chi connectivity index (χ1n) is 6.62. The average Bonchev–Trinajstić information content (AvgIpc) is 3.02. The molecular formula is C13H17N7. The van der Waals surface area contributed by atoms with Crippen molar-refractivity contribution in [1.82, 2.24) is 34.7 Å². The van der Waals surface area contributed by atoms with E-state index in [9.17, 15) is 0 Å². The molecule has 0 saturated carbocycles. The van der Waals surface area contributed by atoms with Crippen LogP contribution in [0.25, 0.3) is 5.78 Å². The predicted octanol–water partition coefficient (Wildman–Crippen LogP) is 0.867. The van der Waals surface area contributed by atoms with Crippen LogP contribution in [0.15, 0.2) is 30.9 Å². The SMILES string of the molecule is CC(C)NCc1cn(Cc2cn3cccnc3n2)nn1. The third-order valence-corrected chi connectivity index (χ3v) is 2.89. The van der Waals surface area contributed by atoms with E-state index >= 15 is 0 Å². The Morgan fingerprint density at radius 2 is 2.15 bits per heavy atom. The highest BCUT2D eigenvalue weighted by atomic mass is 15.4. The molecule has 0 aliphatic carbocycles. The maximum Gasteiger partial charge on any atom is 0.233 e. The van der Waals surface area contributed by atoms with Gasteiger partial charge in [0.05, 0.1) is 24.1 Å². The van der Waals surface area contributed by atoms with Gasteiger partial charge in [-0.15, -0.1) is 5.10 Å². The molecule has 3 aromatic rings. The molecule has 3 heterocycles. The number of imidazole rings is 1. The van der Waals surface area contributed by atoms with Crippen molar-refractivity contribution in [3.8, 4) is 0 Å². The molecule has 0 aliphatic rings. The smallest absolute Gasteiger partial charge is 0.233 e. The van der Waals surface area contributed by atoms with Gasteiger partial charge in [0, 0.05) is 31.2 Å². The van der Waals surface area contributed by atoms with Crippen molar-refractivity contribution in [3.05, 3.63) is 42.2 Å². The summed E-state index contributed by atoms with van der Waals surface area (Å²) in [6.07, 6.45) is 7.55. The molecule has 0 bridgehead atoms. The van der Waals surface area contributed by atoms with E-state index in [1.54, 1.807) is 10.9 Å². The highest BCUT2D eigenvalue weighted by Gasteiger charge is 2.06. The molecule has 0 amide bonds. The summed E-state index contributed by atoms with van der Waals surface area (Å²) >= 11 is 0. The minimum Gasteiger partial charge on any atom is -0.309 e. The van der Waals surface area contributed by atoms with Crippen LogP contribution in [0, 0.1) is 0 Å². The zero-order valence-corrected chi connectivity index (χ0v) is 11.6. The molecule has 0 fully saturated rings. The number of nitrogens with zero attached hydrogens (tertiary/aromatic N) is 6. The quantitative estimate of drug-likeness (QED) is 0.745. The first kappa shape index (κ1) is 12.7. The summed E-state index contributed by atoms with van der Waals surface area (Å²) in [6.45, 7) is 5.53. The van der Waals surface area contributed by atoms with Crippen LogP contribution in [0.1, 0.15) is 25.2 Å². The summed E-state index contributed by atoms with van der Waals surface area (Å²) in [6, 6.07) is 2.31. The van der Waals surface area contributed by atoms with Crippen LogP contribution in [0.4, 0.5) is 0 Å². The maximum absolute atomic E-state index is 4.44. The predicted molar refractivity (Wildman–Crippen MR) is 74.1 cm³/mol. The number of hydrogen-bond donors (Lipinski definition) is 1. The van der Waals surface area contributed by atoms with Gasteiger partial charge >= 0.3 is 0 Å². The minimum atomic E-state index is 0.435. The molecule has 104 valence electrons. The van der Waals surface area contributed by atoms with E-state index in [0.29, 0.717) is 18.4 Å².